The third-order valence-electron chi connectivity index (χ3n) is 8.15. The molecule has 2 aliphatic heterocycles. The molecule has 37 heavy (non-hydrogen) atoms. The summed E-state index contributed by atoms with van der Waals surface area (Å²) in [6.07, 6.45) is 3.51. The van der Waals surface area contributed by atoms with Gasteiger partial charge in [0, 0.05) is 48.3 Å². The number of benzene rings is 2. The molecule has 3 fully saturated rings. The second kappa shape index (κ2) is 10.7. The van der Waals surface area contributed by atoms with Crippen molar-refractivity contribution in [1.29, 1.82) is 0 Å². The molecular formula is C29H34Cl2F2N2O2. The summed E-state index contributed by atoms with van der Waals surface area (Å²) in [6, 6.07) is 8.49. The lowest BCUT2D eigenvalue weighted by Gasteiger charge is -2.39. The van der Waals surface area contributed by atoms with Gasteiger partial charge in [-0.15, -0.1) is 0 Å². The van der Waals surface area contributed by atoms with Crippen molar-refractivity contribution in [3.05, 3.63) is 62.9 Å². The highest BCUT2D eigenvalue weighted by atomic mass is 35.5. The zero-order valence-electron chi connectivity index (χ0n) is 21.4. The zero-order chi connectivity index (χ0) is 26.3. The molecule has 200 valence electrons. The lowest BCUT2D eigenvalue weighted by atomic mass is 9.92. The van der Waals surface area contributed by atoms with Crippen LogP contribution >= 0.6 is 23.2 Å². The highest BCUT2D eigenvalue weighted by Crippen LogP contribution is 2.46. The summed E-state index contributed by atoms with van der Waals surface area (Å²) in [5.74, 6) is 0.173. The Bertz CT molecular complexity index is 1140. The molecule has 5 rings (SSSR count). The Morgan fingerprint density at radius 1 is 1.08 bits per heavy atom. The van der Waals surface area contributed by atoms with E-state index < -0.39 is 11.5 Å². The molecule has 2 heterocycles. The Morgan fingerprint density at radius 3 is 2.35 bits per heavy atom. The molecule has 0 radical (unpaired) electrons. The second-order valence-corrected chi connectivity index (χ2v) is 12.0. The largest absolute Gasteiger partial charge is 0.490 e. The lowest BCUT2D eigenvalue weighted by Crippen LogP contribution is -2.45. The number of hydrogen-bond donors (Lipinski definition) is 0. The van der Waals surface area contributed by atoms with Crippen LogP contribution in [0.1, 0.15) is 79.4 Å². The SMILES string of the molecule is CC1CCN(C(=O)c2cc(C3CC3)c(OCC3(F)CCN(C(C)c4cc(Cl)cc(Cl)c4)CC3)cc2F)C1. The number of ether oxygens (including phenoxy) is 1. The first-order valence-electron chi connectivity index (χ1n) is 13.3. The molecule has 3 aliphatic rings. The van der Waals surface area contributed by atoms with E-state index in [0.717, 1.165) is 30.4 Å². The smallest absolute Gasteiger partial charge is 0.256 e. The molecule has 8 heteroatoms. The summed E-state index contributed by atoms with van der Waals surface area (Å²) in [6.45, 7) is 6.48. The molecular weight excluding hydrogens is 517 g/mol. The van der Waals surface area contributed by atoms with Crippen LogP contribution < -0.4 is 4.74 Å². The summed E-state index contributed by atoms with van der Waals surface area (Å²) >= 11 is 12.3. The van der Waals surface area contributed by atoms with Crippen LogP contribution in [0.15, 0.2) is 30.3 Å². The van der Waals surface area contributed by atoms with Gasteiger partial charge in [-0.05, 0) is 86.3 Å². The minimum Gasteiger partial charge on any atom is -0.490 e. The second-order valence-electron chi connectivity index (χ2n) is 11.1. The summed E-state index contributed by atoms with van der Waals surface area (Å²) in [5, 5.41) is 1.17. The van der Waals surface area contributed by atoms with Crippen LogP contribution in [0.2, 0.25) is 10.0 Å². The number of rotatable bonds is 7. The Kier molecular flexibility index (Phi) is 7.72. The van der Waals surface area contributed by atoms with Crippen LogP contribution in [0.5, 0.6) is 5.75 Å². The average molecular weight is 552 g/mol. The van der Waals surface area contributed by atoms with Gasteiger partial charge in [0.05, 0.1) is 5.56 Å². The fraction of sp³-hybridized carbons (Fsp3) is 0.552. The van der Waals surface area contributed by atoms with Crippen molar-refractivity contribution in [3.8, 4) is 5.75 Å². The van der Waals surface area contributed by atoms with E-state index in [1.807, 2.05) is 12.1 Å². The van der Waals surface area contributed by atoms with E-state index in [2.05, 4.69) is 18.7 Å². The molecule has 0 bridgehead atoms. The van der Waals surface area contributed by atoms with Crippen LogP contribution in [-0.2, 0) is 0 Å². The molecule has 0 spiro atoms. The molecule has 1 aliphatic carbocycles. The number of piperidine rings is 1. The molecule has 2 aromatic carbocycles. The molecule has 1 saturated carbocycles. The van der Waals surface area contributed by atoms with E-state index in [1.54, 1.807) is 17.0 Å². The van der Waals surface area contributed by atoms with Gasteiger partial charge in [0.25, 0.3) is 5.91 Å². The molecule has 2 aromatic rings. The summed E-state index contributed by atoms with van der Waals surface area (Å²) < 4.78 is 36.8. The van der Waals surface area contributed by atoms with Crippen molar-refractivity contribution in [2.24, 2.45) is 5.92 Å². The molecule has 2 saturated heterocycles. The number of hydrogen-bond acceptors (Lipinski definition) is 3. The summed E-state index contributed by atoms with van der Waals surface area (Å²) in [5.41, 5.74) is 0.425. The van der Waals surface area contributed by atoms with Gasteiger partial charge >= 0.3 is 0 Å². The quantitative estimate of drug-likeness (QED) is 0.359. The van der Waals surface area contributed by atoms with E-state index in [4.69, 9.17) is 27.9 Å². The first-order chi connectivity index (χ1) is 17.6. The Labute approximate surface area is 227 Å². The third-order valence-corrected chi connectivity index (χ3v) is 8.59. The molecule has 2 unspecified atom stereocenters. The van der Waals surface area contributed by atoms with Gasteiger partial charge in [0.15, 0.2) is 0 Å². The first kappa shape index (κ1) is 26.7. The number of carbonyl (C=O) groups excluding carboxylic acids is 1. The Hall–Kier alpha value is -1.89. The number of nitrogens with zero attached hydrogens (tertiary/aromatic N) is 2. The van der Waals surface area contributed by atoms with E-state index in [-0.39, 0.29) is 30.0 Å². The van der Waals surface area contributed by atoms with Crippen molar-refractivity contribution in [1.82, 2.24) is 9.80 Å². The maximum atomic E-state index is 15.8. The van der Waals surface area contributed by atoms with Gasteiger partial charge < -0.3 is 9.64 Å². The van der Waals surface area contributed by atoms with Gasteiger partial charge in [0.2, 0.25) is 0 Å². The Morgan fingerprint density at radius 2 is 1.76 bits per heavy atom. The van der Waals surface area contributed by atoms with Gasteiger partial charge in [-0.1, -0.05) is 30.1 Å². The molecule has 1 amide bonds. The number of carbonyl (C=O) groups is 1. The topological polar surface area (TPSA) is 32.8 Å². The van der Waals surface area contributed by atoms with Crippen molar-refractivity contribution in [2.75, 3.05) is 32.8 Å². The fourth-order valence-electron chi connectivity index (χ4n) is 5.55. The monoisotopic (exact) mass is 550 g/mol. The van der Waals surface area contributed by atoms with Crippen molar-refractivity contribution in [2.45, 2.75) is 63.6 Å². The molecule has 2 atom stereocenters. The molecule has 4 nitrogen and oxygen atoms in total. The van der Waals surface area contributed by atoms with Gasteiger partial charge in [-0.25, -0.2) is 8.78 Å². The van der Waals surface area contributed by atoms with Crippen LogP contribution in [0.25, 0.3) is 0 Å². The maximum Gasteiger partial charge on any atom is 0.256 e. The minimum atomic E-state index is -1.50. The Balaban J connectivity index is 1.24. The minimum absolute atomic E-state index is 0.0564. The highest BCUT2D eigenvalue weighted by Gasteiger charge is 2.38. The van der Waals surface area contributed by atoms with E-state index in [0.29, 0.717) is 60.7 Å². The zero-order valence-corrected chi connectivity index (χ0v) is 22.9. The normalized spacial score (nSPS) is 22.8. The summed E-state index contributed by atoms with van der Waals surface area (Å²) in [7, 11) is 0. The predicted octanol–water partition coefficient (Wildman–Crippen LogP) is 7.44. The van der Waals surface area contributed by atoms with E-state index in [9.17, 15) is 4.79 Å². The van der Waals surface area contributed by atoms with Crippen LogP contribution in [0.3, 0.4) is 0 Å². The lowest BCUT2D eigenvalue weighted by molar-refractivity contribution is 0.00614. The van der Waals surface area contributed by atoms with Crippen molar-refractivity contribution in [3.63, 3.8) is 0 Å². The third kappa shape index (κ3) is 6.07. The standard InChI is InChI=1S/C29H34Cl2F2N2O2/c1-18-5-8-35(16-18)28(36)25-14-24(20-3-4-20)27(15-26(25)32)37-17-29(33)6-9-34(10-7-29)19(2)21-11-22(30)13-23(31)12-21/h11-15,18-20H,3-10,16-17H2,1-2H3. The van der Waals surface area contributed by atoms with Gasteiger partial charge in [-0.2, -0.15) is 0 Å². The highest BCUT2D eigenvalue weighted by molar-refractivity contribution is 6.34. The fourth-order valence-corrected chi connectivity index (χ4v) is 6.10. The molecule has 0 N–H and O–H groups in total. The van der Waals surface area contributed by atoms with Gasteiger partial charge in [0.1, 0.15) is 23.8 Å². The summed E-state index contributed by atoms with van der Waals surface area (Å²) in [4.78, 5) is 16.9. The van der Waals surface area contributed by atoms with E-state index >= 15 is 8.78 Å². The van der Waals surface area contributed by atoms with Crippen molar-refractivity contribution >= 4 is 29.1 Å². The van der Waals surface area contributed by atoms with Crippen LogP contribution in [0, 0.1) is 11.7 Å². The van der Waals surface area contributed by atoms with E-state index in [1.165, 1.54) is 6.07 Å². The molecule has 0 aromatic heterocycles. The van der Waals surface area contributed by atoms with Gasteiger partial charge in [-0.3, -0.25) is 9.69 Å². The first-order valence-corrected chi connectivity index (χ1v) is 14.0. The number of alkyl halides is 1. The number of likely N-dealkylation sites (tertiary alicyclic amines) is 2. The predicted molar refractivity (Wildman–Crippen MR) is 143 cm³/mol. The number of halogens is 4. The van der Waals surface area contributed by atoms with Crippen LogP contribution in [-0.4, -0.2) is 54.2 Å². The van der Waals surface area contributed by atoms with Crippen molar-refractivity contribution < 1.29 is 18.3 Å². The number of amides is 1. The maximum absolute atomic E-state index is 15.8. The average Bonchev–Trinajstić information content (AvgIpc) is 3.61. The van der Waals surface area contributed by atoms with Crippen LogP contribution in [0.4, 0.5) is 8.78 Å².